The van der Waals surface area contributed by atoms with Gasteiger partial charge in [-0.2, -0.15) is 5.10 Å². The SMILES string of the molecule is Cc1ccccc1C(C)Nc1ccc(-n2cncn2)cc1. The average molecular weight is 278 g/mol. The second-order valence-electron chi connectivity index (χ2n) is 5.11. The zero-order valence-corrected chi connectivity index (χ0v) is 12.2. The van der Waals surface area contributed by atoms with Crippen LogP contribution in [0.1, 0.15) is 24.1 Å². The highest BCUT2D eigenvalue weighted by Gasteiger charge is 2.07. The van der Waals surface area contributed by atoms with Crippen LogP contribution in [0.5, 0.6) is 0 Å². The Morgan fingerprint density at radius 1 is 1.05 bits per heavy atom. The van der Waals surface area contributed by atoms with Gasteiger partial charge in [-0.1, -0.05) is 24.3 Å². The van der Waals surface area contributed by atoms with Gasteiger partial charge in [0.2, 0.25) is 0 Å². The number of nitrogens with one attached hydrogen (secondary N) is 1. The summed E-state index contributed by atoms with van der Waals surface area (Å²) in [5.41, 5.74) is 4.71. The van der Waals surface area contributed by atoms with Crippen LogP contribution >= 0.6 is 0 Å². The Hall–Kier alpha value is -2.62. The van der Waals surface area contributed by atoms with E-state index < -0.39 is 0 Å². The minimum Gasteiger partial charge on any atom is -0.379 e. The van der Waals surface area contributed by atoms with Crippen LogP contribution in [0.25, 0.3) is 5.69 Å². The zero-order valence-electron chi connectivity index (χ0n) is 12.2. The smallest absolute Gasteiger partial charge is 0.138 e. The van der Waals surface area contributed by atoms with E-state index in [2.05, 4.69) is 65.6 Å². The van der Waals surface area contributed by atoms with Crippen LogP contribution in [0.3, 0.4) is 0 Å². The largest absolute Gasteiger partial charge is 0.379 e. The zero-order chi connectivity index (χ0) is 14.7. The van der Waals surface area contributed by atoms with Crippen molar-refractivity contribution in [2.75, 3.05) is 5.32 Å². The van der Waals surface area contributed by atoms with Crippen molar-refractivity contribution in [2.24, 2.45) is 0 Å². The van der Waals surface area contributed by atoms with Crippen LogP contribution in [-0.4, -0.2) is 14.8 Å². The minimum atomic E-state index is 0.267. The lowest BCUT2D eigenvalue weighted by Gasteiger charge is -2.18. The van der Waals surface area contributed by atoms with Crippen molar-refractivity contribution in [1.29, 1.82) is 0 Å². The summed E-state index contributed by atoms with van der Waals surface area (Å²) in [6.07, 6.45) is 3.23. The van der Waals surface area contributed by atoms with E-state index in [0.29, 0.717) is 0 Å². The van der Waals surface area contributed by atoms with Crippen LogP contribution in [0.15, 0.2) is 61.2 Å². The molecule has 0 aliphatic heterocycles. The van der Waals surface area contributed by atoms with E-state index in [9.17, 15) is 0 Å². The molecule has 0 spiro atoms. The molecular weight excluding hydrogens is 260 g/mol. The fourth-order valence-corrected chi connectivity index (χ4v) is 2.45. The molecule has 1 aromatic heterocycles. The lowest BCUT2D eigenvalue weighted by molar-refractivity contribution is 0.868. The standard InChI is InChI=1S/C17H18N4/c1-13-5-3-4-6-17(13)14(2)20-15-7-9-16(10-8-15)21-12-18-11-19-21/h3-12,14,20H,1-2H3. The number of aryl methyl sites for hydroxylation is 1. The number of benzene rings is 2. The Morgan fingerprint density at radius 2 is 1.81 bits per heavy atom. The van der Waals surface area contributed by atoms with Gasteiger partial charge in [0, 0.05) is 11.7 Å². The molecule has 0 amide bonds. The normalized spacial score (nSPS) is 12.1. The van der Waals surface area contributed by atoms with E-state index in [1.54, 1.807) is 11.0 Å². The Kier molecular flexibility index (Phi) is 3.69. The second-order valence-corrected chi connectivity index (χ2v) is 5.11. The van der Waals surface area contributed by atoms with Gasteiger partial charge in [0.15, 0.2) is 0 Å². The van der Waals surface area contributed by atoms with Gasteiger partial charge in [0.05, 0.1) is 5.69 Å². The molecular formula is C17H18N4. The van der Waals surface area contributed by atoms with Crippen molar-refractivity contribution in [1.82, 2.24) is 14.8 Å². The maximum Gasteiger partial charge on any atom is 0.138 e. The van der Waals surface area contributed by atoms with Crippen molar-refractivity contribution in [3.63, 3.8) is 0 Å². The third-order valence-corrected chi connectivity index (χ3v) is 3.59. The molecule has 0 bridgehead atoms. The van der Waals surface area contributed by atoms with Gasteiger partial charge in [-0.25, -0.2) is 9.67 Å². The maximum absolute atomic E-state index is 4.12. The lowest BCUT2D eigenvalue weighted by Crippen LogP contribution is -2.08. The predicted molar refractivity (Wildman–Crippen MR) is 84.6 cm³/mol. The van der Waals surface area contributed by atoms with E-state index >= 15 is 0 Å². The molecule has 0 saturated carbocycles. The van der Waals surface area contributed by atoms with Crippen molar-refractivity contribution in [2.45, 2.75) is 19.9 Å². The van der Waals surface area contributed by atoms with E-state index in [-0.39, 0.29) is 6.04 Å². The molecule has 0 aliphatic rings. The lowest BCUT2D eigenvalue weighted by atomic mass is 10.0. The van der Waals surface area contributed by atoms with Crippen LogP contribution in [0, 0.1) is 6.92 Å². The molecule has 4 heteroatoms. The fraction of sp³-hybridized carbons (Fsp3) is 0.176. The Labute approximate surface area is 124 Å². The molecule has 3 aromatic rings. The summed E-state index contributed by atoms with van der Waals surface area (Å²) in [4.78, 5) is 3.95. The minimum absolute atomic E-state index is 0.267. The van der Waals surface area contributed by atoms with E-state index in [4.69, 9.17) is 0 Å². The summed E-state index contributed by atoms with van der Waals surface area (Å²) in [7, 11) is 0. The van der Waals surface area contributed by atoms with Gasteiger partial charge in [-0.3, -0.25) is 0 Å². The number of anilines is 1. The van der Waals surface area contributed by atoms with Gasteiger partial charge < -0.3 is 5.32 Å². The molecule has 0 radical (unpaired) electrons. The predicted octanol–water partition coefficient (Wildman–Crippen LogP) is 3.75. The summed E-state index contributed by atoms with van der Waals surface area (Å²) < 4.78 is 1.74. The number of nitrogens with zero attached hydrogens (tertiary/aromatic N) is 3. The summed E-state index contributed by atoms with van der Waals surface area (Å²) in [5.74, 6) is 0. The van der Waals surface area contributed by atoms with Gasteiger partial charge in [-0.05, 0) is 49.2 Å². The quantitative estimate of drug-likeness (QED) is 0.790. The van der Waals surface area contributed by atoms with E-state index in [1.165, 1.54) is 17.5 Å². The number of rotatable bonds is 4. The topological polar surface area (TPSA) is 42.7 Å². The highest BCUT2D eigenvalue weighted by Crippen LogP contribution is 2.22. The molecule has 21 heavy (non-hydrogen) atoms. The third kappa shape index (κ3) is 2.94. The third-order valence-electron chi connectivity index (χ3n) is 3.59. The first kappa shape index (κ1) is 13.4. The van der Waals surface area contributed by atoms with Crippen molar-refractivity contribution < 1.29 is 0 Å². The number of hydrogen-bond donors (Lipinski definition) is 1. The average Bonchev–Trinajstić information content (AvgIpc) is 3.02. The molecule has 106 valence electrons. The Morgan fingerprint density at radius 3 is 2.48 bits per heavy atom. The van der Waals surface area contributed by atoms with Gasteiger partial charge in [-0.15, -0.1) is 0 Å². The number of aromatic nitrogens is 3. The summed E-state index contributed by atoms with van der Waals surface area (Å²) in [5, 5.41) is 7.65. The molecule has 0 aliphatic carbocycles. The molecule has 2 aromatic carbocycles. The van der Waals surface area contributed by atoms with Gasteiger partial charge >= 0.3 is 0 Å². The number of hydrogen-bond acceptors (Lipinski definition) is 3. The van der Waals surface area contributed by atoms with Crippen molar-refractivity contribution >= 4 is 5.69 Å². The van der Waals surface area contributed by atoms with E-state index in [0.717, 1.165) is 11.4 Å². The Balaban J connectivity index is 1.75. The summed E-state index contributed by atoms with van der Waals surface area (Å²) in [6.45, 7) is 4.31. The molecule has 1 atom stereocenters. The molecule has 0 fully saturated rings. The molecule has 0 saturated heterocycles. The van der Waals surface area contributed by atoms with Crippen molar-refractivity contribution in [3.8, 4) is 5.69 Å². The second kappa shape index (κ2) is 5.79. The molecule has 1 unspecified atom stereocenters. The summed E-state index contributed by atoms with van der Waals surface area (Å²) >= 11 is 0. The fourth-order valence-electron chi connectivity index (χ4n) is 2.45. The first-order valence-corrected chi connectivity index (χ1v) is 7.01. The maximum atomic E-state index is 4.12. The first-order chi connectivity index (χ1) is 10.2. The van der Waals surface area contributed by atoms with Gasteiger partial charge in [0.1, 0.15) is 12.7 Å². The van der Waals surface area contributed by atoms with Crippen LogP contribution in [0.4, 0.5) is 5.69 Å². The monoisotopic (exact) mass is 278 g/mol. The molecule has 4 nitrogen and oxygen atoms in total. The highest BCUT2D eigenvalue weighted by molar-refractivity contribution is 5.50. The van der Waals surface area contributed by atoms with Crippen LogP contribution < -0.4 is 5.32 Å². The highest BCUT2D eigenvalue weighted by atomic mass is 15.3. The molecule has 1 N–H and O–H groups in total. The first-order valence-electron chi connectivity index (χ1n) is 7.01. The van der Waals surface area contributed by atoms with Gasteiger partial charge in [0.25, 0.3) is 0 Å². The Bertz CT molecular complexity index is 702. The molecule has 3 rings (SSSR count). The van der Waals surface area contributed by atoms with Crippen molar-refractivity contribution in [3.05, 3.63) is 72.3 Å². The molecule has 1 heterocycles. The van der Waals surface area contributed by atoms with E-state index in [1.807, 2.05) is 12.1 Å². The summed E-state index contributed by atoms with van der Waals surface area (Å²) in [6, 6.07) is 16.9. The van der Waals surface area contributed by atoms with Crippen LogP contribution in [-0.2, 0) is 0 Å². The van der Waals surface area contributed by atoms with Crippen LogP contribution in [0.2, 0.25) is 0 Å².